The highest BCUT2D eigenvalue weighted by molar-refractivity contribution is 7.80. The van der Waals surface area contributed by atoms with Gasteiger partial charge < -0.3 is 15.4 Å². The number of para-hydroxylation sites is 2. The molecule has 0 bridgehead atoms. The SMILES string of the molecule is COc1ccccc1N(C)c1nc(C)cc(C(N)=S)n1. The Labute approximate surface area is 123 Å². The molecule has 20 heavy (non-hydrogen) atoms. The molecule has 0 atom stereocenters. The number of nitrogens with two attached hydrogens (primary N) is 1. The fraction of sp³-hybridized carbons (Fsp3) is 0.214. The summed E-state index contributed by atoms with van der Waals surface area (Å²) < 4.78 is 5.35. The van der Waals surface area contributed by atoms with Crippen LogP contribution in [0.5, 0.6) is 5.75 Å². The van der Waals surface area contributed by atoms with Crippen molar-refractivity contribution in [1.29, 1.82) is 0 Å². The molecule has 6 heteroatoms. The zero-order chi connectivity index (χ0) is 14.7. The molecule has 1 heterocycles. The predicted octanol–water partition coefficient (Wildman–Crippen LogP) is 2.20. The minimum Gasteiger partial charge on any atom is -0.495 e. The summed E-state index contributed by atoms with van der Waals surface area (Å²) in [6.45, 7) is 1.88. The Morgan fingerprint density at radius 2 is 2.00 bits per heavy atom. The van der Waals surface area contributed by atoms with Crippen LogP contribution < -0.4 is 15.4 Å². The van der Waals surface area contributed by atoms with Crippen LogP contribution in [-0.4, -0.2) is 29.1 Å². The van der Waals surface area contributed by atoms with Crippen molar-refractivity contribution >= 4 is 28.8 Å². The Kier molecular flexibility index (Phi) is 4.14. The van der Waals surface area contributed by atoms with Crippen LogP contribution in [0.15, 0.2) is 30.3 Å². The van der Waals surface area contributed by atoms with E-state index in [0.29, 0.717) is 11.6 Å². The molecule has 0 aliphatic heterocycles. The van der Waals surface area contributed by atoms with Gasteiger partial charge in [0.25, 0.3) is 0 Å². The Morgan fingerprint density at radius 3 is 2.65 bits per heavy atom. The highest BCUT2D eigenvalue weighted by atomic mass is 32.1. The Balaban J connectivity index is 2.47. The topological polar surface area (TPSA) is 64.3 Å². The number of aryl methyl sites for hydroxylation is 1. The second kappa shape index (κ2) is 5.83. The van der Waals surface area contributed by atoms with Crippen LogP contribution in [-0.2, 0) is 0 Å². The first-order chi connectivity index (χ1) is 9.52. The van der Waals surface area contributed by atoms with Gasteiger partial charge in [0.2, 0.25) is 5.95 Å². The highest BCUT2D eigenvalue weighted by Gasteiger charge is 2.13. The molecule has 2 N–H and O–H groups in total. The molecule has 2 rings (SSSR count). The Morgan fingerprint density at radius 1 is 1.30 bits per heavy atom. The average Bonchev–Trinajstić information content (AvgIpc) is 2.45. The maximum atomic E-state index is 5.64. The average molecular weight is 288 g/mol. The lowest BCUT2D eigenvalue weighted by Crippen LogP contribution is -2.19. The quantitative estimate of drug-likeness (QED) is 0.870. The first-order valence-corrected chi connectivity index (χ1v) is 6.46. The molecule has 0 fully saturated rings. The van der Waals surface area contributed by atoms with Gasteiger partial charge in [0.05, 0.1) is 12.8 Å². The summed E-state index contributed by atoms with van der Waals surface area (Å²) in [5, 5.41) is 0. The maximum Gasteiger partial charge on any atom is 0.230 e. The predicted molar refractivity (Wildman–Crippen MR) is 83.7 cm³/mol. The zero-order valence-corrected chi connectivity index (χ0v) is 12.4. The number of ether oxygens (including phenoxy) is 1. The number of rotatable bonds is 4. The summed E-state index contributed by atoms with van der Waals surface area (Å²) >= 11 is 4.98. The molecule has 0 saturated carbocycles. The van der Waals surface area contributed by atoms with Crippen LogP contribution in [0.3, 0.4) is 0 Å². The summed E-state index contributed by atoms with van der Waals surface area (Å²) in [7, 11) is 3.50. The van der Waals surface area contributed by atoms with Crippen LogP contribution >= 0.6 is 12.2 Å². The molecule has 1 aromatic heterocycles. The molecule has 0 aliphatic carbocycles. The van der Waals surface area contributed by atoms with Gasteiger partial charge in [-0.2, -0.15) is 0 Å². The van der Waals surface area contributed by atoms with Crippen molar-refractivity contribution in [2.45, 2.75) is 6.92 Å². The summed E-state index contributed by atoms with van der Waals surface area (Å²) in [6, 6.07) is 9.43. The number of thiocarbonyl (C=S) groups is 1. The fourth-order valence-electron chi connectivity index (χ4n) is 1.84. The lowest BCUT2D eigenvalue weighted by molar-refractivity contribution is 0.415. The Hall–Kier alpha value is -2.21. The first-order valence-electron chi connectivity index (χ1n) is 6.05. The third-order valence-electron chi connectivity index (χ3n) is 2.84. The van der Waals surface area contributed by atoms with E-state index < -0.39 is 0 Å². The number of hydrogen-bond donors (Lipinski definition) is 1. The number of nitrogens with zero attached hydrogens (tertiary/aromatic N) is 3. The van der Waals surface area contributed by atoms with Gasteiger partial charge in [-0.1, -0.05) is 24.4 Å². The Bertz CT molecular complexity index is 645. The highest BCUT2D eigenvalue weighted by Crippen LogP contribution is 2.30. The van der Waals surface area contributed by atoms with Crippen LogP contribution in [0, 0.1) is 6.92 Å². The van der Waals surface area contributed by atoms with E-state index >= 15 is 0 Å². The molecule has 2 aromatic rings. The standard InChI is InChI=1S/C14H16N4OS/c1-9-8-10(13(15)20)17-14(16-9)18(2)11-6-4-5-7-12(11)19-3/h4-8H,1-3H3,(H2,15,20). The lowest BCUT2D eigenvalue weighted by atomic mass is 10.2. The third kappa shape index (κ3) is 2.85. The van der Waals surface area contributed by atoms with Gasteiger partial charge in [0.15, 0.2) is 0 Å². The molecule has 0 saturated heterocycles. The molecule has 1 aromatic carbocycles. The van der Waals surface area contributed by atoms with Crippen molar-refractivity contribution in [3.05, 3.63) is 41.7 Å². The summed E-state index contributed by atoms with van der Waals surface area (Å²) in [4.78, 5) is 10.9. The van der Waals surface area contributed by atoms with E-state index in [9.17, 15) is 0 Å². The van der Waals surface area contributed by atoms with E-state index in [1.165, 1.54) is 0 Å². The molecule has 0 aliphatic rings. The third-order valence-corrected chi connectivity index (χ3v) is 3.05. The van der Waals surface area contributed by atoms with E-state index in [2.05, 4.69) is 9.97 Å². The number of hydrogen-bond acceptors (Lipinski definition) is 5. The van der Waals surface area contributed by atoms with E-state index in [0.717, 1.165) is 17.1 Å². The molecular formula is C14H16N4OS. The van der Waals surface area contributed by atoms with Gasteiger partial charge in [-0.3, -0.25) is 0 Å². The first kappa shape index (κ1) is 14.2. The van der Waals surface area contributed by atoms with Crippen molar-refractivity contribution in [2.24, 2.45) is 5.73 Å². The number of methoxy groups -OCH3 is 1. The van der Waals surface area contributed by atoms with Gasteiger partial charge >= 0.3 is 0 Å². The molecule has 0 radical (unpaired) electrons. The number of anilines is 2. The molecule has 104 valence electrons. The smallest absolute Gasteiger partial charge is 0.230 e. The summed E-state index contributed by atoms with van der Waals surface area (Å²) in [6.07, 6.45) is 0. The van der Waals surface area contributed by atoms with E-state index in [4.69, 9.17) is 22.7 Å². The van der Waals surface area contributed by atoms with E-state index in [1.54, 1.807) is 13.2 Å². The van der Waals surface area contributed by atoms with Crippen molar-refractivity contribution in [1.82, 2.24) is 9.97 Å². The van der Waals surface area contributed by atoms with Gasteiger partial charge in [0, 0.05) is 12.7 Å². The summed E-state index contributed by atoms with van der Waals surface area (Å²) in [5.74, 6) is 1.27. The van der Waals surface area contributed by atoms with Crippen molar-refractivity contribution in [3.63, 3.8) is 0 Å². The van der Waals surface area contributed by atoms with E-state index in [1.807, 2.05) is 43.1 Å². The van der Waals surface area contributed by atoms with Crippen molar-refractivity contribution in [2.75, 3.05) is 19.1 Å². The van der Waals surface area contributed by atoms with Gasteiger partial charge in [-0.05, 0) is 25.1 Å². The van der Waals surface area contributed by atoms with Gasteiger partial charge in [-0.15, -0.1) is 0 Å². The second-order valence-electron chi connectivity index (χ2n) is 4.29. The molecule has 5 nitrogen and oxygen atoms in total. The van der Waals surface area contributed by atoms with Crippen LogP contribution in [0.2, 0.25) is 0 Å². The van der Waals surface area contributed by atoms with E-state index in [-0.39, 0.29) is 4.99 Å². The van der Waals surface area contributed by atoms with Gasteiger partial charge in [-0.25, -0.2) is 9.97 Å². The molecule has 0 unspecified atom stereocenters. The second-order valence-corrected chi connectivity index (χ2v) is 4.73. The monoisotopic (exact) mass is 288 g/mol. The minimum atomic E-state index is 0.255. The number of benzene rings is 1. The zero-order valence-electron chi connectivity index (χ0n) is 11.6. The maximum absolute atomic E-state index is 5.64. The van der Waals surface area contributed by atoms with Gasteiger partial charge in [0.1, 0.15) is 16.4 Å². The molecular weight excluding hydrogens is 272 g/mol. The van der Waals surface area contributed by atoms with Crippen molar-refractivity contribution in [3.8, 4) is 5.75 Å². The van der Waals surface area contributed by atoms with Crippen molar-refractivity contribution < 1.29 is 4.74 Å². The minimum absolute atomic E-state index is 0.255. The molecule has 0 amide bonds. The van der Waals surface area contributed by atoms with Crippen LogP contribution in [0.4, 0.5) is 11.6 Å². The largest absolute Gasteiger partial charge is 0.495 e. The number of aromatic nitrogens is 2. The summed E-state index contributed by atoms with van der Waals surface area (Å²) in [5.41, 5.74) is 7.88. The van der Waals surface area contributed by atoms with Crippen LogP contribution in [0.1, 0.15) is 11.4 Å². The van der Waals surface area contributed by atoms with Crippen LogP contribution in [0.25, 0.3) is 0 Å². The fourth-order valence-corrected chi connectivity index (χ4v) is 1.95. The normalized spacial score (nSPS) is 10.2. The lowest BCUT2D eigenvalue weighted by Gasteiger charge is -2.20. The molecule has 0 spiro atoms.